The molecule has 0 unspecified atom stereocenters. The van der Waals surface area contributed by atoms with Crippen LogP contribution in [0.25, 0.3) is 113 Å². The normalized spacial score (nSPS) is 11.0. The Hall–Kier alpha value is -9.07. The fourth-order valence-electron chi connectivity index (χ4n) is 8.27. The van der Waals surface area contributed by atoms with Crippen molar-refractivity contribution in [3.63, 3.8) is 0 Å². The van der Waals surface area contributed by atoms with E-state index in [9.17, 15) is 0 Å². The molecule has 0 aliphatic heterocycles. The first-order valence-corrected chi connectivity index (χ1v) is 21.8. The highest BCUT2D eigenvalue weighted by Gasteiger charge is 2.20. The molecule has 11 aromatic rings. The molecule has 0 saturated carbocycles. The monoisotopic (exact) mass is 845 g/mol. The van der Waals surface area contributed by atoms with Crippen LogP contribution in [0, 0.1) is 0 Å². The molecule has 7 heteroatoms. The van der Waals surface area contributed by atoms with E-state index in [0.29, 0.717) is 23.3 Å². The van der Waals surface area contributed by atoms with Crippen LogP contribution in [0.1, 0.15) is 0 Å². The minimum atomic E-state index is 0.567. The maximum Gasteiger partial charge on any atom is 0.164 e. The molecular weight excluding hydrogens is 807 g/mol. The second kappa shape index (κ2) is 18.0. The Bertz CT molecular complexity index is 3400. The van der Waals surface area contributed by atoms with Crippen molar-refractivity contribution < 1.29 is 0 Å². The molecule has 0 N–H and O–H groups in total. The standard InChI is InChI=1S/C59H39N7/c1-4-16-40(17-5-1)54-37-55(41-18-6-2-7-19-41)63-57(62-54)47-25-13-23-45(35-47)53-36-44(49-27-15-33-61-39-49)30-31-51(53)50-28-10-11-29-52(50)59-65-56(42-20-8-3-9-21-42)64-58(66-59)46-24-12-22-43(34-46)48-26-14-32-60-38-48/h1-39H. The van der Waals surface area contributed by atoms with Gasteiger partial charge in [0.2, 0.25) is 0 Å². The maximum absolute atomic E-state index is 5.25. The maximum atomic E-state index is 5.25. The van der Waals surface area contributed by atoms with Crippen LogP contribution in [-0.2, 0) is 0 Å². The highest BCUT2D eigenvalue weighted by atomic mass is 15.0. The van der Waals surface area contributed by atoms with Crippen molar-refractivity contribution in [3.05, 3.63) is 237 Å². The van der Waals surface area contributed by atoms with Gasteiger partial charge < -0.3 is 0 Å². The van der Waals surface area contributed by atoms with Crippen molar-refractivity contribution in [3.8, 4) is 113 Å². The van der Waals surface area contributed by atoms with Crippen molar-refractivity contribution in [2.45, 2.75) is 0 Å². The topological polar surface area (TPSA) is 90.2 Å². The molecule has 4 heterocycles. The molecule has 11 rings (SSSR count). The SMILES string of the molecule is c1ccc(-c2cc(-c3ccccc3)nc(-c3cccc(-c4cc(-c5cccnc5)ccc4-c4ccccc4-c4nc(-c5ccccc5)nc(-c5cccc(-c6cccnc6)c5)n4)c3)n2)cc1. The lowest BCUT2D eigenvalue weighted by atomic mass is 9.88. The van der Waals surface area contributed by atoms with E-state index in [2.05, 4.69) is 125 Å². The molecule has 0 atom stereocenters. The van der Waals surface area contributed by atoms with Crippen molar-refractivity contribution >= 4 is 0 Å². The minimum absolute atomic E-state index is 0.567. The quantitative estimate of drug-likeness (QED) is 0.135. The second-order valence-electron chi connectivity index (χ2n) is 15.8. The molecule has 0 spiro atoms. The average Bonchev–Trinajstić information content (AvgIpc) is 3.42. The predicted octanol–water partition coefficient (Wildman–Crippen LogP) is 14.1. The summed E-state index contributed by atoms with van der Waals surface area (Å²) < 4.78 is 0. The third-order valence-electron chi connectivity index (χ3n) is 11.6. The van der Waals surface area contributed by atoms with Crippen LogP contribution in [0.3, 0.4) is 0 Å². The fourth-order valence-corrected chi connectivity index (χ4v) is 8.27. The minimum Gasteiger partial charge on any atom is -0.264 e. The second-order valence-corrected chi connectivity index (χ2v) is 15.8. The fraction of sp³-hybridized carbons (Fsp3) is 0. The van der Waals surface area contributed by atoms with Crippen LogP contribution in [0.15, 0.2) is 237 Å². The Morgan fingerprint density at radius 3 is 1.23 bits per heavy atom. The molecule has 4 aromatic heterocycles. The van der Waals surface area contributed by atoms with E-state index in [1.165, 1.54) is 0 Å². The summed E-state index contributed by atoms with van der Waals surface area (Å²) in [5.74, 6) is 2.37. The van der Waals surface area contributed by atoms with Gasteiger partial charge in [0, 0.05) is 69.3 Å². The first-order chi connectivity index (χ1) is 32.7. The number of hydrogen-bond acceptors (Lipinski definition) is 7. The van der Waals surface area contributed by atoms with E-state index in [4.69, 9.17) is 24.9 Å². The zero-order valence-electron chi connectivity index (χ0n) is 35.6. The van der Waals surface area contributed by atoms with E-state index in [-0.39, 0.29) is 0 Å². The number of benzene rings is 7. The molecule has 310 valence electrons. The van der Waals surface area contributed by atoms with Crippen LogP contribution in [0.4, 0.5) is 0 Å². The summed E-state index contributed by atoms with van der Waals surface area (Å²) in [7, 11) is 0. The number of pyridine rings is 2. The Balaban J connectivity index is 1.08. The third-order valence-corrected chi connectivity index (χ3v) is 11.6. The van der Waals surface area contributed by atoms with Gasteiger partial charge in [0.1, 0.15) is 0 Å². The lowest BCUT2D eigenvalue weighted by Crippen LogP contribution is -2.01. The van der Waals surface area contributed by atoms with Gasteiger partial charge in [-0.05, 0) is 69.8 Å². The van der Waals surface area contributed by atoms with Gasteiger partial charge in [-0.2, -0.15) is 0 Å². The van der Waals surface area contributed by atoms with Gasteiger partial charge in [0.25, 0.3) is 0 Å². The molecule has 0 radical (unpaired) electrons. The molecular formula is C59H39N7. The first kappa shape index (κ1) is 39.8. The summed E-state index contributed by atoms with van der Waals surface area (Å²) >= 11 is 0. The van der Waals surface area contributed by atoms with E-state index in [0.717, 1.165) is 89.3 Å². The lowest BCUT2D eigenvalue weighted by molar-refractivity contribution is 1.07. The van der Waals surface area contributed by atoms with Gasteiger partial charge >= 0.3 is 0 Å². The van der Waals surface area contributed by atoms with Crippen LogP contribution in [0.5, 0.6) is 0 Å². The average molecular weight is 846 g/mol. The molecule has 0 amide bonds. The largest absolute Gasteiger partial charge is 0.264 e. The van der Waals surface area contributed by atoms with Crippen LogP contribution >= 0.6 is 0 Å². The number of aromatic nitrogens is 7. The van der Waals surface area contributed by atoms with Gasteiger partial charge in [0.05, 0.1) is 11.4 Å². The van der Waals surface area contributed by atoms with E-state index >= 15 is 0 Å². The van der Waals surface area contributed by atoms with Gasteiger partial charge in [-0.15, -0.1) is 0 Å². The third kappa shape index (κ3) is 8.28. The van der Waals surface area contributed by atoms with Gasteiger partial charge in [-0.25, -0.2) is 24.9 Å². The van der Waals surface area contributed by atoms with Crippen molar-refractivity contribution in [2.24, 2.45) is 0 Å². The number of nitrogens with zero attached hydrogens (tertiary/aromatic N) is 7. The van der Waals surface area contributed by atoms with Crippen molar-refractivity contribution in [1.29, 1.82) is 0 Å². The van der Waals surface area contributed by atoms with Crippen LogP contribution < -0.4 is 0 Å². The molecule has 0 aliphatic rings. The molecule has 7 nitrogen and oxygen atoms in total. The zero-order valence-corrected chi connectivity index (χ0v) is 35.6. The number of rotatable bonds is 10. The lowest BCUT2D eigenvalue weighted by Gasteiger charge is -2.17. The van der Waals surface area contributed by atoms with Gasteiger partial charge in [-0.1, -0.05) is 176 Å². The van der Waals surface area contributed by atoms with Crippen molar-refractivity contribution in [1.82, 2.24) is 34.9 Å². The molecule has 66 heavy (non-hydrogen) atoms. The predicted molar refractivity (Wildman–Crippen MR) is 265 cm³/mol. The Morgan fingerprint density at radius 1 is 0.212 bits per heavy atom. The zero-order chi connectivity index (χ0) is 44.1. The van der Waals surface area contributed by atoms with Crippen LogP contribution in [-0.4, -0.2) is 34.9 Å². The van der Waals surface area contributed by atoms with Crippen LogP contribution in [0.2, 0.25) is 0 Å². The Morgan fingerprint density at radius 2 is 0.636 bits per heavy atom. The molecule has 0 aliphatic carbocycles. The Kier molecular flexibility index (Phi) is 10.8. The highest BCUT2D eigenvalue weighted by molar-refractivity contribution is 5.93. The summed E-state index contributed by atoms with van der Waals surface area (Å²) in [6.45, 7) is 0. The number of hydrogen-bond donors (Lipinski definition) is 0. The smallest absolute Gasteiger partial charge is 0.164 e. The summed E-state index contributed by atoms with van der Waals surface area (Å²) in [4.78, 5) is 34.7. The summed E-state index contributed by atoms with van der Waals surface area (Å²) in [5.41, 5.74) is 15.4. The summed E-state index contributed by atoms with van der Waals surface area (Å²) in [6, 6.07) is 72.5. The first-order valence-electron chi connectivity index (χ1n) is 21.8. The molecule has 0 bridgehead atoms. The Labute approximate surface area is 383 Å². The molecule has 0 fully saturated rings. The summed E-state index contributed by atoms with van der Waals surface area (Å²) in [5, 5.41) is 0. The van der Waals surface area contributed by atoms with Crippen molar-refractivity contribution in [2.75, 3.05) is 0 Å². The summed E-state index contributed by atoms with van der Waals surface area (Å²) in [6.07, 6.45) is 7.35. The van der Waals surface area contributed by atoms with Gasteiger partial charge in [-0.3, -0.25) is 9.97 Å². The van der Waals surface area contributed by atoms with E-state index < -0.39 is 0 Å². The van der Waals surface area contributed by atoms with Gasteiger partial charge in [0.15, 0.2) is 23.3 Å². The van der Waals surface area contributed by atoms with E-state index in [1.807, 2.05) is 109 Å². The molecule has 7 aromatic carbocycles. The molecule has 0 saturated heterocycles. The van der Waals surface area contributed by atoms with E-state index in [1.54, 1.807) is 12.4 Å². The highest BCUT2D eigenvalue weighted by Crippen LogP contribution is 2.41.